The van der Waals surface area contributed by atoms with E-state index in [0.717, 1.165) is 0 Å². The fourth-order valence-electron chi connectivity index (χ4n) is 2.16. The summed E-state index contributed by atoms with van der Waals surface area (Å²) in [5, 5.41) is 0. The molecule has 110 valence electrons. The zero-order valence-corrected chi connectivity index (χ0v) is 12.3. The second kappa shape index (κ2) is 6.47. The number of alkyl halides is 1. The van der Waals surface area contributed by atoms with E-state index < -0.39 is 36.4 Å². The molecule has 20 heavy (non-hydrogen) atoms. The van der Waals surface area contributed by atoms with Gasteiger partial charge >= 0.3 is 5.69 Å². The third-order valence-electron chi connectivity index (χ3n) is 3.18. The highest BCUT2D eigenvalue weighted by molar-refractivity contribution is 9.11. The summed E-state index contributed by atoms with van der Waals surface area (Å²) in [5.41, 5.74) is -0.797. The summed E-state index contributed by atoms with van der Waals surface area (Å²) in [6, 6.07) is 0. The first kappa shape index (κ1) is 15.1. The molecular formula is C12H14BrFN2O4. The van der Waals surface area contributed by atoms with Gasteiger partial charge < -0.3 is 9.47 Å². The third kappa shape index (κ3) is 2.92. The van der Waals surface area contributed by atoms with Crippen LogP contribution in [-0.2, 0) is 9.47 Å². The summed E-state index contributed by atoms with van der Waals surface area (Å²) in [7, 11) is 1.47. The average Bonchev–Trinajstić information content (AvgIpc) is 2.85. The number of nitrogens with zero attached hydrogens (tertiary/aromatic N) is 1. The van der Waals surface area contributed by atoms with Gasteiger partial charge in [-0.05, 0) is 11.1 Å². The number of aromatic amines is 1. The van der Waals surface area contributed by atoms with Crippen LogP contribution in [0.4, 0.5) is 4.39 Å². The summed E-state index contributed by atoms with van der Waals surface area (Å²) in [6.07, 6.45) is 1.45. The van der Waals surface area contributed by atoms with Crippen molar-refractivity contribution in [1.29, 1.82) is 0 Å². The van der Waals surface area contributed by atoms with Crippen LogP contribution in [-0.4, -0.2) is 35.5 Å². The number of hydrogen-bond donors (Lipinski definition) is 1. The van der Waals surface area contributed by atoms with Gasteiger partial charge in [-0.1, -0.05) is 15.9 Å². The van der Waals surface area contributed by atoms with Gasteiger partial charge in [-0.3, -0.25) is 14.3 Å². The van der Waals surface area contributed by atoms with E-state index in [0.29, 0.717) is 12.0 Å². The fraction of sp³-hybridized carbons (Fsp3) is 0.500. The van der Waals surface area contributed by atoms with Crippen LogP contribution in [0.15, 0.2) is 20.8 Å². The minimum absolute atomic E-state index is 0.294. The van der Waals surface area contributed by atoms with Gasteiger partial charge in [0.2, 0.25) is 0 Å². The van der Waals surface area contributed by atoms with Crippen LogP contribution in [0.1, 0.15) is 18.2 Å². The molecule has 1 aliphatic rings. The van der Waals surface area contributed by atoms with E-state index in [-0.39, 0.29) is 0 Å². The number of ether oxygens (including phenoxy) is 2. The maximum absolute atomic E-state index is 12.8. The van der Waals surface area contributed by atoms with Crippen molar-refractivity contribution in [1.82, 2.24) is 9.55 Å². The van der Waals surface area contributed by atoms with E-state index in [1.54, 1.807) is 0 Å². The molecule has 0 bridgehead atoms. The van der Waals surface area contributed by atoms with Crippen LogP contribution in [0.3, 0.4) is 0 Å². The summed E-state index contributed by atoms with van der Waals surface area (Å²) in [6.45, 7) is -0.693. The Morgan fingerprint density at radius 3 is 2.95 bits per heavy atom. The molecule has 1 N–H and O–H groups in total. The molecule has 1 aromatic heterocycles. The van der Waals surface area contributed by atoms with Crippen molar-refractivity contribution < 1.29 is 13.9 Å². The number of H-pyrrole nitrogens is 1. The van der Waals surface area contributed by atoms with Crippen LogP contribution in [0.2, 0.25) is 0 Å². The molecule has 6 nitrogen and oxygen atoms in total. The Morgan fingerprint density at radius 1 is 1.65 bits per heavy atom. The Bertz CT molecular complexity index is 600. The third-order valence-corrected chi connectivity index (χ3v) is 3.45. The maximum atomic E-state index is 12.8. The van der Waals surface area contributed by atoms with Gasteiger partial charge in [0.1, 0.15) is 19.0 Å². The second-order valence-electron chi connectivity index (χ2n) is 4.34. The minimum atomic E-state index is -0.709. The van der Waals surface area contributed by atoms with E-state index >= 15 is 0 Å². The summed E-state index contributed by atoms with van der Waals surface area (Å²) >= 11 is 3.07. The van der Waals surface area contributed by atoms with Crippen LogP contribution in [0.25, 0.3) is 6.08 Å². The van der Waals surface area contributed by atoms with Crippen LogP contribution in [0, 0.1) is 0 Å². The molecule has 0 aromatic carbocycles. The second-order valence-corrected chi connectivity index (χ2v) is 4.87. The Balaban J connectivity index is 2.36. The smallest absolute Gasteiger partial charge is 0.330 e. The number of halogens is 2. The van der Waals surface area contributed by atoms with E-state index in [1.165, 1.54) is 28.9 Å². The zero-order valence-electron chi connectivity index (χ0n) is 10.7. The molecule has 1 saturated heterocycles. The summed E-state index contributed by atoms with van der Waals surface area (Å²) in [4.78, 5) is 27.1. The monoisotopic (exact) mass is 348 g/mol. The highest BCUT2D eigenvalue weighted by atomic mass is 79.9. The first-order chi connectivity index (χ1) is 9.60. The molecule has 8 heteroatoms. The van der Waals surface area contributed by atoms with Gasteiger partial charge in [0.15, 0.2) is 0 Å². The molecule has 0 spiro atoms. The maximum Gasteiger partial charge on any atom is 0.330 e. The molecule has 2 rings (SSSR count). The molecule has 3 atom stereocenters. The predicted molar refractivity (Wildman–Crippen MR) is 74.6 cm³/mol. The fourth-order valence-corrected chi connectivity index (χ4v) is 2.44. The molecule has 2 heterocycles. The lowest BCUT2D eigenvalue weighted by Crippen LogP contribution is -2.33. The molecule has 0 saturated carbocycles. The Hall–Kier alpha value is -1.25. The van der Waals surface area contributed by atoms with Crippen molar-refractivity contribution >= 4 is 22.0 Å². The van der Waals surface area contributed by atoms with Gasteiger partial charge in [-0.15, -0.1) is 0 Å². The quantitative estimate of drug-likeness (QED) is 0.886. The highest BCUT2D eigenvalue weighted by Crippen LogP contribution is 2.29. The highest BCUT2D eigenvalue weighted by Gasteiger charge is 2.36. The lowest BCUT2D eigenvalue weighted by atomic mass is 10.2. The summed E-state index contributed by atoms with van der Waals surface area (Å²) < 4.78 is 24.7. The Labute approximate surface area is 122 Å². The van der Waals surface area contributed by atoms with Gasteiger partial charge in [0, 0.05) is 19.7 Å². The molecule has 0 unspecified atom stereocenters. The largest absolute Gasteiger partial charge is 0.378 e. The normalized spacial score (nSPS) is 26.4. The predicted octanol–water partition coefficient (Wildman–Crippen LogP) is 1.17. The topological polar surface area (TPSA) is 73.3 Å². The molecule has 0 amide bonds. The standard InChI is InChI=1S/C12H14BrFN2O4/c1-19-8-4-10(20-9(8)5-14)16-6-7(2-3-13)11(17)15-12(16)18/h2-3,6,8-10H,4-5H2,1H3,(H,15,17,18)/b3-2+/t8-,9+,10+/m0/s1. The van der Waals surface area contributed by atoms with Crippen molar-refractivity contribution in [3.63, 3.8) is 0 Å². The first-order valence-corrected chi connectivity index (χ1v) is 6.88. The number of hydrogen-bond acceptors (Lipinski definition) is 4. The van der Waals surface area contributed by atoms with Crippen LogP contribution >= 0.6 is 15.9 Å². The summed E-state index contributed by atoms with van der Waals surface area (Å²) in [5.74, 6) is 0. The van der Waals surface area contributed by atoms with E-state index in [2.05, 4.69) is 20.9 Å². The molecule has 0 aliphatic carbocycles. The van der Waals surface area contributed by atoms with Crippen LogP contribution in [0.5, 0.6) is 0 Å². The number of aromatic nitrogens is 2. The van der Waals surface area contributed by atoms with Gasteiger partial charge in [0.25, 0.3) is 5.56 Å². The van der Waals surface area contributed by atoms with E-state index in [9.17, 15) is 14.0 Å². The molecule has 0 radical (unpaired) electrons. The van der Waals surface area contributed by atoms with Crippen molar-refractivity contribution in [3.05, 3.63) is 37.6 Å². The van der Waals surface area contributed by atoms with E-state index in [1.807, 2.05) is 0 Å². The zero-order chi connectivity index (χ0) is 14.7. The number of rotatable bonds is 4. The molecule has 1 fully saturated rings. The lowest BCUT2D eigenvalue weighted by molar-refractivity contribution is -0.0392. The number of methoxy groups -OCH3 is 1. The SMILES string of the molecule is CO[C@H]1C[C@H](n2cc(/C=C/Br)c(=O)[nH]c2=O)O[C@@H]1CF. The molecule has 1 aliphatic heterocycles. The van der Waals surface area contributed by atoms with Crippen LogP contribution < -0.4 is 11.2 Å². The Morgan fingerprint density at radius 2 is 2.40 bits per heavy atom. The first-order valence-electron chi connectivity index (χ1n) is 5.97. The van der Waals surface area contributed by atoms with Crippen molar-refractivity contribution in [2.24, 2.45) is 0 Å². The number of nitrogens with one attached hydrogen (secondary N) is 1. The average molecular weight is 349 g/mol. The molecule has 1 aromatic rings. The minimum Gasteiger partial charge on any atom is -0.378 e. The van der Waals surface area contributed by atoms with Gasteiger partial charge in [-0.2, -0.15) is 0 Å². The van der Waals surface area contributed by atoms with Crippen molar-refractivity contribution in [2.75, 3.05) is 13.8 Å². The Kier molecular flexibility index (Phi) is 4.90. The van der Waals surface area contributed by atoms with Crippen molar-refractivity contribution in [2.45, 2.75) is 24.9 Å². The van der Waals surface area contributed by atoms with Crippen molar-refractivity contribution in [3.8, 4) is 0 Å². The lowest BCUT2D eigenvalue weighted by Gasteiger charge is -2.14. The molecular weight excluding hydrogens is 335 g/mol. The van der Waals surface area contributed by atoms with Gasteiger partial charge in [0.05, 0.1) is 11.7 Å². The van der Waals surface area contributed by atoms with E-state index in [4.69, 9.17) is 9.47 Å². The van der Waals surface area contributed by atoms with Gasteiger partial charge in [-0.25, -0.2) is 9.18 Å².